The predicted molar refractivity (Wildman–Crippen MR) is 110 cm³/mol. The first kappa shape index (κ1) is 19.0. The highest BCUT2D eigenvalue weighted by molar-refractivity contribution is 5.92. The molecule has 2 aliphatic heterocycles. The summed E-state index contributed by atoms with van der Waals surface area (Å²) >= 11 is 0. The van der Waals surface area contributed by atoms with Crippen LogP contribution in [0.25, 0.3) is 0 Å². The van der Waals surface area contributed by atoms with Crippen molar-refractivity contribution < 1.29 is 19.3 Å². The van der Waals surface area contributed by atoms with Crippen LogP contribution in [0.3, 0.4) is 0 Å². The summed E-state index contributed by atoms with van der Waals surface area (Å²) in [6, 6.07) is 14.7. The van der Waals surface area contributed by atoms with Crippen LogP contribution >= 0.6 is 0 Å². The van der Waals surface area contributed by atoms with Gasteiger partial charge in [0.1, 0.15) is 38.5 Å². The summed E-state index contributed by atoms with van der Waals surface area (Å²) in [7, 11) is 0. The number of aryl methyl sites for hydroxylation is 1. The lowest BCUT2D eigenvalue weighted by Crippen LogP contribution is -3.28. The number of carbonyl (C=O) groups excluding carboxylic acids is 1. The van der Waals surface area contributed by atoms with E-state index in [9.17, 15) is 4.79 Å². The van der Waals surface area contributed by atoms with Crippen molar-refractivity contribution in [2.45, 2.75) is 26.3 Å². The van der Waals surface area contributed by atoms with Crippen molar-refractivity contribution in [3.05, 3.63) is 59.2 Å². The standard InChI is InChI=1S/C23H29N3O2/c1-2-19-5-3-4-6-21(19)24-23(27)17-26-12-10-25(11-13-26)16-18-7-8-22-20(15-18)9-14-28-22/h3-8,15H,2,9-14,16-17H2,1H3,(H,24,27)/p+2. The highest BCUT2D eigenvalue weighted by Crippen LogP contribution is 2.25. The van der Waals surface area contributed by atoms with Gasteiger partial charge in [0.25, 0.3) is 5.91 Å². The van der Waals surface area contributed by atoms with E-state index >= 15 is 0 Å². The normalized spacial score (nSPS) is 21.0. The molecule has 1 fully saturated rings. The van der Waals surface area contributed by atoms with Gasteiger partial charge in [0, 0.05) is 17.7 Å². The zero-order valence-electron chi connectivity index (χ0n) is 16.7. The molecule has 0 radical (unpaired) electrons. The number of amides is 1. The van der Waals surface area contributed by atoms with E-state index in [2.05, 4.69) is 36.5 Å². The molecular formula is C23H31N3O2+2. The molecule has 0 saturated carbocycles. The topological polar surface area (TPSA) is 47.2 Å². The lowest BCUT2D eigenvalue weighted by atomic mass is 10.1. The second kappa shape index (κ2) is 8.76. The molecule has 1 saturated heterocycles. The van der Waals surface area contributed by atoms with Gasteiger partial charge < -0.3 is 19.9 Å². The average molecular weight is 382 g/mol. The molecule has 0 bridgehead atoms. The fourth-order valence-corrected chi connectivity index (χ4v) is 4.32. The molecule has 1 amide bonds. The van der Waals surface area contributed by atoms with Crippen molar-refractivity contribution >= 4 is 11.6 Å². The molecular weight excluding hydrogens is 350 g/mol. The molecule has 4 rings (SSSR count). The molecule has 0 atom stereocenters. The number of ether oxygens (including phenoxy) is 1. The molecule has 0 unspecified atom stereocenters. The van der Waals surface area contributed by atoms with Gasteiger partial charge in [-0.05, 0) is 41.8 Å². The maximum atomic E-state index is 12.5. The fourth-order valence-electron chi connectivity index (χ4n) is 4.32. The number of rotatable bonds is 6. The highest BCUT2D eigenvalue weighted by Gasteiger charge is 2.25. The van der Waals surface area contributed by atoms with Crippen molar-refractivity contribution in [3.63, 3.8) is 0 Å². The second-order valence-corrected chi connectivity index (χ2v) is 7.95. The predicted octanol–water partition coefficient (Wildman–Crippen LogP) is 0.106. The Kier molecular flexibility index (Phi) is 5.93. The Bertz CT molecular complexity index is 828. The number of anilines is 1. The third kappa shape index (κ3) is 4.54. The maximum Gasteiger partial charge on any atom is 0.279 e. The fraction of sp³-hybridized carbons (Fsp3) is 0.435. The Morgan fingerprint density at radius 2 is 1.86 bits per heavy atom. The summed E-state index contributed by atoms with van der Waals surface area (Å²) in [4.78, 5) is 15.5. The lowest BCUT2D eigenvalue weighted by Gasteiger charge is -2.29. The van der Waals surface area contributed by atoms with Crippen LogP contribution in [0.5, 0.6) is 5.75 Å². The van der Waals surface area contributed by atoms with E-state index in [1.54, 1.807) is 4.90 Å². The van der Waals surface area contributed by atoms with E-state index in [1.807, 2.05) is 18.2 Å². The number of quaternary nitrogens is 2. The number of benzene rings is 2. The summed E-state index contributed by atoms with van der Waals surface area (Å²) in [5.41, 5.74) is 4.90. The summed E-state index contributed by atoms with van der Waals surface area (Å²) < 4.78 is 5.60. The average Bonchev–Trinajstić information content (AvgIpc) is 3.18. The second-order valence-electron chi connectivity index (χ2n) is 7.95. The van der Waals surface area contributed by atoms with Crippen molar-refractivity contribution in [2.75, 3.05) is 44.6 Å². The van der Waals surface area contributed by atoms with Gasteiger partial charge in [0.2, 0.25) is 0 Å². The van der Waals surface area contributed by atoms with E-state index in [-0.39, 0.29) is 5.91 Å². The molecule has 2 aromatic carbocycles. The van der Waals surface area contributed by atoms with Gasteiger partial charge in [-0.15, -0.1) is 0 Å². The molecule has 148 valence electrons. The van der Waals surface area contributed by atoms with Crippen LogP contribution in [0.2, 0.25) is 0 Å². The summed E-state index contributed by atoms with van der Waals surface area (Å²) in [5, 5.41) is 3.11. The van der Waals surface area contributed by atoms with E-state index < -0.39 is 0 Å². The van der Waals surface area contributed by atoms with Crippen molar-refractivity contribution in [3.8, 4) is 5.75 Å². The van der Waals surface area contributed by atoms with E-state index in [1.165, 1.54) is 21.6 Å². The highest BCUT2D eigenvalue weighted by atomic mass is 16.5. The Morgan fingerprint density at radius 1 is 1.07 bits per heavy atom. The van der Waals surface area contributed by atoms with Gasteiger partial charge in [-0.25, -0.2) is 0 Å². The zero-order chi connectivity index (χ0) is 19.3. The first-order chi connectivity index (χ1) is 13.7. The van der Waals surface area contributed by atoms with Gasteiger partial charge in [-0.2, -0.15) is 0 Å². The smallest absolute Gasteiger partial charge is 0.279 e. The van der Waals surface area contributed by atoms with Gasteiger partial charge in [-0.1, -0.05) is 25.1 Å². The van der Waals surface area contributed by atoms with Crippen LogP contribution in [-0.4, -0.2) is 45.2 Å². The van der Waals surface area contributed by atoms with Gasteiger partial charge in [-0.3, -0.25) is 4.79 Å². The van der Waals surface area contributed by atoms with Crippen LogP contribution in [0.1, 0.15) is 23.6 Å². The Balaban J connectivity index is 1.24. The molecule has 5 heteroatoms. The Labute approximate surface area is 167 Å². The minimum Gasteiger partial charge on any atom is -0.493 e. The summed E-state index contributed by atoms with van der Waals surface area (Å²) in [5.74, 6) is 1.18. The maximum absolute atomic E-state index is 12.5. The molecule has 0 aliphatic carbocycles. The van der Waals surface area contributed by atoms with Crippen LogP contribution < -0.4 is 19.9 Å². The molecule has 28 heavy (non-hydrogen) atoms. The zero-order valence-corrected chi connectivity index (χ0v) is 16.7. The van der Waals surface area contributed by atoms with Crippen LogP contribution in [-0.2, 0) is 24.2 Å². The molecule has 2 aliphatic rings. The van der Waals surface area contributed by atoms with Crippen molar-refractivity contribution in [2.24, 2.45) is 0 Å². The molecule has 2 heterocycles. The molecule has 5 nitrogen and oxygen atoms in total. The van der Waals surface area contributed by atoms with Gasteiger partial charge >= 0.3 is 0 Å². The molecule has 2 aromatic rings. The largest absolute Gasteiger partial charge is 0.493 e. The molecule has 3 N–H and O–H groups in total. The number of nitrogens with one attached hydrogen (secondary N) is 3. The number of carbonyl (C=O) groups is 1. The van der Waals surface area contributed by atoms with Gasteiger partial charge in [0.05, 0.1) is 6.61 Å². The minimum absolute atomic E-state index is 0.123. The minimum atomic E-state index is 0.123. The van der Waals surface area contributed by atoms with Crippen LogP contribution in [0.4, 0.5) is 5.69 Å². The number of para-hydroxylation sites is 1. The molecule has 0 spiro atoms. The molecule has 0 aromatic heterocycles. The monoisotopic (exact) mass is 381 g/mol. The van der Waals surface area contributed by atoms with Crippen LogP contribution in [0, 0.1) is 0 Å². The van der Waals surface area contributed by atoms with Crippen molar-refractivity contribution in [1.29, 1.82) is 0 Å². The number of piperazine rings is 1. The first-order valence-corrected chi connectivity index (χ1v) is 10.5. The van der Waals surface area contributed by atoms with E-state index in [4.69, 9.17) is 4.74 Å². The Hall–Kier alpha value is -2.37. The quantitative estimate of drug-likeness (QED) is 0.665. The Morgan fingerprint density at radius 3 is 2.68 bits per heavy atom. The number of fused-ring (bicyclic) bond motifs is 1. The van der Waals surface area contributed by atoms with E-state index in [0.717, 1.165) is 63.6 Å². The first-order valence-electron chi connectivity index (χ1n) is 10.5. The van der Waals surface area contributed by atoms with E-state index in [0.29, 0.717) is 6.54 Å². The summed E-state index contributed by atoms with van der Waals surface area (Å²) in [6.45, 7) is 8.88. The van der Waals surface area contributed by atoms with Crippen molar-refractivity contribution in [1.82, 2.24) is 0 Å². The summed E-state index contributed by atoms with van der Waals surface area (Å²) in [6.07, 6.45) is 1.97. The number of hydrogen-bond donors (Lipinski definition) is 3. The van der Waals surface area contributed by atoms with Crippen LogP contribution in [0.15, 0.2) is 42.5 Å². The SMILES string of the molecule is CCc1ccccc1NC(=O)C[NH+]1CC[NH+](Cc2ccc3c(c2)CCO3)CC1. The number of hydrogen-bond acceptors (Lipinski definition) is 2. The third-order valence-electron chi connectivity index (χ3n) is 5.96. The third-order valence-corrected chi connectivity index (χ3v) is 5.96. The lowest BCUT2D eigenvalue weighted by molar-refractivity contribution is -1.02. The van der Waals surface area contributed by atoms with Gasteiger partial charge in [0.15, 0.2) is 6.54 Å².